The summed E-state index contributed by atoms with van der Waals surface area (Å²) >= 11 is 0. The second kappa shape index (κ2) is 11.0. The molecule has 4 aromatic rings. The minimum atomic E-state index is -3.39. The predicted molar refractivity (Wildman–Crippen MR) is 140 cm³/mol. The molecule has 2 aromatic heterocycles. The van der Waals surface area contributed by atoms with Gasteiger partial charge in [0.1, 0.15) is 17.6 Å². The number of hydrogen-bond donors (Lipinski definition) is 4. The van der Waals surface area contributed by atoms with Crippen molar-refractivity contribution in [3.63, 3.8) is 0 Å². The summed E-state index contributed by atoms with van der Waals surface area (Å²) < 4.78 is 44.0. The molecule has 198 valence electrons. The minimum absolute atomic E-state index is 0.0165. The van der Waals surface area contributed by atoms with E-state index in [9.17, 15) is 28.0 Å². The van der Waals surface area contributed by atoms with E-state index in [1.165, 1.54) is 31.5 Å². The maximum Gasteiger partial charge on any atom is 0.287 e. The monoisotopic (exact) mass is 534 g/mol. The number of ether oxygens (including phenoxy) is 1. The van der Waals surface area contributed by atoms with Crippen LogP contribution in [0.5, 0.6) is 5.75 Å². The molecule has 39 heavy (non-hydrogen) atoms. The van der Waals surface area contributed by atoms with Crippen molar-refractivity contribution >= 4 is 34.2 Å². The van der Waals surface area contributed by atoms with E-state index in [0.29, 0.717) is 39.0 Å². The van der Waals surface area contributed by atoms with Gasteiger partial charge in [0.25, 0.3) is 12.3 Å². The largest absolute Gasteiger partial charge is 0.496 e. The fraction of sp³-hybridized carbons (Fsp3) is 0.111. The highest BCUT2D eigenvalue weighted by Gasteiger charge is 2.25. The molecule has 0 aliphatic rings. The molecule has 0 bridgehead atoms. The number of methoxy groups -OCH3 is 1. The summed E-state index contributed by atoms with van der Waals surface area (Å²) in [6.45, 7) is 3.42. The van der Waals surface area contributed by atoms with E-state index in [1.54, 1.807) is 29.6 Å². The number of nitrogens with zero attached hydrogens (tertiary/aromatic N) is 2. The molecular formula is C27H21F3N6O3. The van der Waals surface area contributed by atoms with Crippen LogP contribution in [0, 0.1) is 11.3 Å². The Kier molecular flexibility index (Phi) is 7.53. The number of rotatable bonds is 8. The number of anilines is 2. The first-order valence-electron chi connectivity index (χ1n) is 11.3. The summed E-state index contributed by atoms with van der Waals surface area (Å²) in [5.74, 6) is -1.36. The number of carbonyl (C=O) groups excluding carboxylic acids is 2. The van der Waals surface area contributed by atoms with Crippen molar-refractivity contribution in [3.8, 4) is 34.2 Å². The van der Waals surface area contributed by atoms with Gasteiger partial charge in [-0.3, -0.25) is 9.59 Å². The molecule has 0 aliphatic heterocycles. The third kappa shape index (κ3) is 5.24. The van der Waals surface area contributed by atoms with E-state index in [2.05, 4.69) is 27.9 Å². The van der Waals surface area contributed by atoms with Crippen molar-refractivity contribution in [2.75, 3.05) is 18.2 Å². The zero-order chi connectivity index (χ0) is 28.3. The predicted octanol–water partition coefficient (Wildman–Crippen LogP) is 4.77. The van der Waals surface area contributed by atoms with E-state index >= 15 is 0 Å². The number of nitriles is 1. The number of fused-ring (bicyclic) bond motifs is 1. The second-order valence-electron chi connectivity index (χ2n) is 8.19. The third-order valence-electron chi connectivity index (χ3n) is 5.83. The Morgan fingerprint density at radius 2 is 1.87 bits per heavy atom. The summed E-state index contributed by atoms with van der Waals surface area (Å²) in [6, 6.07) is 13.1. The summed E-state index contributed by atoms with van der Waals surface area (Å²) in [6.07, 6.45) is -3.77. The number of aromatic amines is 1. The number of benzene rings is 2. The van der Waals surface area contributed by atoms with Gasteiger partial charge in [-0.05, 0) is 41.5 Å². The highest BCUT2D eigenvalue weighted by atomic mass is 19.3. The standard InChI is InChI=1S/C27H21F3N6O3/c1-3-19(37)34-16-7-4-13(5-8-16)22-20(21-23(35-22)15(11-31)12-33-26(21)32)14-6-9-17(18(10-14)39-2)27(38)36-25(30)24(28)29/h3-10,12,24-25,35H,1H2,2H3,(H2,32,33)(H,34,37)(H,36,38). The fourth-order valence-corrected chi connectivity index (χ4v) is 4.03. The average Bonchev–Trinajstić information content (AvgIpc) is 3.34. The zero-order valence-corrected chi connectivity index (χ0v) is 20.4. The second-order valence-corrected chi connectivity index (χ2v) is 8.19. The van der Waals surface area contributed by atoms with Gasteiger partial charge in [0, 0.05) is 17.4 Å². The number of pyridine rings is 1. The molecule has 2 amide bonds. The van der Waals surface area contributed by atoms with Gasteiger partial charge in [-0.25, -0.2) is 18.2 Å². The van der Waals surface area contributed by atoms with Crippen molar-refractivity contribution in [3.05, 3.63) is 72.4 Å². The lowest BCUT2D eigenvalue weighted by atomic mass is 9.96. The summed E-state index contributed by atoms with van der Waals surface area (Å²) in [7, 11) is 1.27. The van der Waals surface area contributed by atoms with Crippen LogP contribution in [-0.4, -0.2) is 41.6 Å². The van der Waals surface area contributed by atoms with Gasteiger partial charge in [0.2, 0.25) is 12.2 Å². The number of H-pyrrole nitrogens is 1. The van der Waals surface area contributed by atoms with Crippen LogP contribution in [-0.2, 0) is 4.79 Å². The van der Waals surface area contributed by atoms with Crippen molar-refractivity contribution in [1.29, 1.82) is 5.26 Å². The number of aromatic nitrogens is 2. The number of nitrogens with one attached hydrogen (secondary N) is 3. The van der Waals surface area contributed by atoms with Gasteiger partial charge in [0.05, 0.1) is 34.8 Å². The molecule has 0 saturated carbocycles. The van der Waals surface area contributed by atoms with Crippen LogP contribution >= 0.6 is 0 Å². The van der Waals surface area contributed by atoms with E-state index in [1.807, 2.05) is 0 Å². The van der Waals surface area contributed by atoms with Gasteiger partial charge >= 0.3 is 0 Å². The molecule has 2 heterocycles. The van der Waals surface area contributed by atoms with Crippen LogP contribution in [0.15, 0.2) is 61.3 Å². The van der Waals surface area contributed by atoms with E-state index in [-0.39, 0.29) is 28.6 Å². The molecule has 1 unspecified atom stereocenters. The Bertz CT molecular complexity index is 1630. The third-order valence-corrected chi connectivity index (χ3v) is 5.83. The van der Waals surface area contributed by atoms with Crippen LogP contribution in [0.1, 0.15) is 15.9 Å². The lowest BCUT2D eigenvalue weighted by Gasteiger charge is -2.14. The summed E-state index contributed by atoms with van der Waals surface area (Å²) in [5.41, 5.74) is 9.39. The maximum atomic E-state index is 13.4. The lowest BCUT2D eigenvalue weighted by molar-refractivity contribution is -0.111. The summed E-state index contributed by atoms with van der Waals surface area (Å²) in [4.78, 5) is 31.4. The van der Waals surface area contributed by atoms with Crippen LogP contribution < -0.4 is 21.1 Å². The average molecular weight is 534 g/mol. The van der Waals surface area contributed by atoms with Gasteiger partial charge in [-0.15, -0.1) is 0 Å². The van der Waals surface area contributed by atoms with Crippen LogP contribution in [0.2, 0.25) is 0 Å². The van der Waals surface area contributed by atoms with Crippen LogP contribution in [0.3, 0.4) is 0 Å². The molecule has 0 spiro atoms. The maximum absolute atomic E-state index is 13.4. The van der Waals surface area contributed by atoms with E-state index < -0.39 is 18.6 Å². The molecule has 2 aromatic carbocycles. The van der Waals surface area contributed by atoms with Gasteiger partial charge in [-0.1, -0.05) is 24.8 Å². The molecule has 0 radical (unpaired) electrons. The summed E-state index contributed by atoms with van der Waals surface area (Å²) in [5, 5.41) is 14.3. The first-order valence-corrected chi connectivity index (χ1v) is 11.3. The van der Waals surface area contributed by atoms with Crippen molar-refractivity contribution < 1.29 is 27.5 Å². The number of halogens is 3. The number of hydrogen-bond acceptors (Lipinski definition) is 6. The zero-order valence-electron chi connectivity index (χ0n) is 20.4. The SMILES string of the molecule is C=CC(=O)Nc1ccc(-c2[nH]c3c(C#N)cnc(N)c3c2-c2ccc(C(=O)NC(F)C(F)F)c(OC)c2)cc1. The Balaban J connectivity index is 1.89. The quantitative estimate of drug-likeness (QED) is 0.189. The normalized spacial score (nSPS) is 11.6. The van der Waals surface area contributed by atoms with Crippen molar-refractivity contribution in [2.45, 2.75) is 12.7 Å². The highest BCUT2D eigenvalue weighted by molar-refractivity contribution is 6.10. The Morgan fingerprint density at radius 3 is 2.49 bits per heavy atom. The number of carbonyl (C=O) groups is 2. The Labute approximate surface area is 220 Å². The molecule has 5 N–H and O–H groups in total. The van der Waals surface area contributed by atoms with Crippen LogP contribution in [0.25, 0.3) is 33.3 Å². The Hall–Kier alpha value is -5.31. The molecule has 0 aliphatic carbocycles. The van der Waals surface area contributed by atoms with Crippen molar-refractivity contribution in [2.24, 2.45) is 0 Å². The van der Waals surface area contributed by atoms with E-state index in [4.69, 9.17) is 10.5 Å². The first-order chi connectivity index (χ1) is 18.7. The molecule has 9 nitrogen and oxygen atoms in total. The molecule has 0 saturated heterocycles. The minimum Gasteiger partial charge on any atom is -0.496 e. The van der Waals surface area contributed by atoms with Gasteiger partial charge in [-0.2, -0.15) is 5.26 Å². The Morgan fingerprint density at radius 1 is 1.18 bits per heavy atom. The first kappa shape index (κ1) is 26.7. The number of alkyl halides is 3. The lowest BCUT2D eigenvalue weighted by Crippen LogP contribution is -2.36. The van der Waals surface area contributed by atoms with Gasteiger partial charge < -0.3 is 26.1 Å². The van der Waals surface area contributed by atoms with E-state index in [0.717, 1.165) is 6.08 Å². The number of nitrogen functional groups attached to an aromatic ring is 1. The topological polar surface area (TPSA) is 146 Å². The van der Waals surface area contributed by atoms with Crippen LogP contribution in [0.4, 0.5) is 24.7 Å². The van der Waals surface area contributed by atoms with Crippen molar-refractivity contribution in [1.82, 2.24) is 15.3 Å². The highest BCUT2D eigenvalue weighted by Crippen LogP contribution is 2.42. The molecule has 12 heteroatoms. The molecule has 4 rings (SSSR count). The fourth-order valence-electron chi connectivity index (χ4n) is 4.03. The number of amides is 2. The van der Waals surface area contributed by atoms with Gasteiger partial charge in [0.15, 0.2) is 0 Å². The molecule has 1 atom stereocenters. The smallest absolute Gasteiger partial charge is 0.287 e. The molecule has 0 fully saturated rings. The number of nitrogens with two attached hydrogens (primary N) is 1. The molecular weight excluding hydrogens is 513 g/mol.